The number of benzene rings is 2. The molecule has 1 fully saturated rings. The number of anilines is 1. The molecule has 9 nitrogen and oxygen atoms in total. The second kappa shape index (κ2) is 13.2. The molecule has 3 N–H and O–H groups in total. The lowest BCUT2D eigenvalue weighted by atomic mass is 9.99. The maximum Gasteiger partial charge on any atom is 0.222 e. The molecule has 0 saturated carbocycles. The molecule has 2 aliphatic rings. The van der Waals surface area contributed by atoms with Gasteiger partial charge >= 0.3 is 0 Å². The third-order valence-corrected chi connectivity index (χ3v) is 6.53. The molecule has 0 aliphatic carbocycles. The van der Waals surface area contributed by atoms with Crippen molar-refractivity contribution in [3.63, 3.8) is 0 Å². The Morgan fingerprint density at radius 2 is 1.81 bits per heavy atom. The first kappa shape index (κ1) is 27.3. The largest absolute Gasteiger partial charge is 0.491 e. The van der Waals surface area contributed by atoms with Gasteiger partial charge in [0.2, 0.25) is 5.91 Å². The van der Waals surface area contributed by atoms with Crippen LogP contribution >= 0.6 is 11.6 Å². The molecular formula is C27H36ClN5O4. The number of nitrogens with one attached hydrogen (secondary N) is 3. The van der Waals surface area contributed by atoms with Gasteiger partial charge in [0.15, 0.2) is 0 Å². The van der Waals surface area contributed by atoms with E-state index < -0.39 is 0 Å². The highest BCUT2D eigenvalue weighted by Gasteiger charge is 2.40. The minimum absolute atomic E-state index is 0.00855. The average molecular weight is 530 g/mol. The summed E-state index contributed by atoms with van der Waals surface area (Å²) >= 11 is 6.19. The van der Waals surface area contributed by atoms with Crippen LogP contribution in [0.25, 0.3) is 0 Å². The Kier molecular flexibility index (Phi) is 9.76. The van der Waals surface area contributed by atoms with Crippen LogP contribution < -0.4 is 25.8 Å². The van der Waals surface area contributed by atoms with Crippen LogP contribution in [0.4, 0.5) is 5.69 Å². The van der Waals surface area contributed by atoms with Crippen molar-refractivity contribution in [1.82, 2.24) is 16.2 Å². The van der Waals surface area contributed by atoms with Crippen molar-refractivity contribution in [2.75, 3.05) is 44.5 Å². The van der Waals surface area contributed by atoms with Crippen LogP contribution in [0.15, 0.2) is 47.5 Å². The third-order valence-electron chi connectivity index (χ3n) is 6.28. The Morgan fingerprint density at radius 1 is 1.05 bits per heavy atom. The molecule has 2 aliphatic heterocycles. The molecule has 1 saturated heterocycles. The summed E-state index contributed by atoms with van der Waals surface area (Å²) in [5, 5.41) is 3.56. The van der Waals surface area contributed by atoms with Gasteiger partial charge in [-0.3, -0.25) is 9.79 Å². The van der Waals surface area contributed by atoms with Crippen LogP contribution in [0, 0.1) is 0 Å². The zero-order valence-corrected chi connectivity index (χ0v) is 22.4. The van der Waals surface area contributed by atoms with Crippen LogP contribution in [-0.2, 0) is 14.3 Å². The summed E-state index contributed by atoms with van der Waals surface area (Å²) in [5.74, 6) is 0.688. The highest BCUT2D eigenvalue weighted by molar-refractivity contribution is 6.30. The number of carbonyl (C=O) groups is 1. The van der Waals surface area contributed by atoms with E-state index in [9.17, 15) is 4.79 Å². The molecule has 4 rings (SSSR count). The first-order valence-corrected chi connectivity index (χ1v) is 13.2. The van der Waals surface area contributed by atoms with Gasteiger partial charge in [-0.05, 0) is 51.1 Å². The smallest absolute Gasteiger partial charge is 0.222 e. The molecule has 37 heavy (non-hydrogen) atoms. The Hall–Kier alpha value is -2.69. The van der Waals surface area contributed by atoms with Gasteiger partial charge < -0.3 is 24.4 Å². The molecule has 3 atom stereocenters. The molecular weight excluding hydrogens is 494 g/mol. The number of amides is 1. The highest BCUT2D eigenvalue weighted by Crippen LogP contribution is 2.36. The normalized spacial score (nSPS) is 20.6. The van der Waals surface area contributed by atoms with Crippen molar-refractivity contribution in [1.29, 1.82) is 0 Å². The molecule has 10 heteroatoms. The summed E-state index contributed by atoms with van der Waals surface area (Å²) in [6.45, 7) is 9.21. The Bertz CT molecular complexity index is 1080. The number of hydrazine groups is 1. The summed E-state index contributed by atoms with van der Waals surface area (Å²) in [5.41, 5.74) is 10.3. The van der Waals surface area contributed by atoms with Crippen molar-refractivity contribution < 1.29 is 19.0 Å². The number of carbonyl (C=O) groups excluding carboxylic acids is 1. The van der Waals surface area contributed by atoms with Gasteiger partial charge in [0, 0.05) is 35.0 Å². The van der Waals surface area contributed by atoms with E-state index in [1.807, 2.05) is 50.2 Å². The second-order valence-corrected chi connectivity index (χ2v) is 9.30. The number of ether oxygens (including phenoxy) is 3. The van der Waals surface area contributed by atoms with E-state index in [-0.39, 0.29) is 30.7 Å². The number of fused-ring (bicyclic) bond motifs is 3. The van der Waals surface area contributed by atoms with Crippen LogP contribution in [0.2, 0.25) is 5.02 Å². The first-order valence-electron chi connectivity index (χ1n) is 12.8. The summed E-state index contributed by atoms with van der Waals surface area (Å²) in [6, 6.07) is 13.3. The van der Waals surface area contributed by atoms with Crippen molar-refractivity contribution in [3.05, 3.63) is 58.6 Å². The van der Waals surface area contributed by atoms with Gasteiger partial charge in [0.25, 0.3) is 0 Å². The minimum Gasteiger partial charge on any atom is -0.491 e. The van der Waals surface area contributed by atoms with E-state index >= 15 is 0 Å². The molecule has 2 aromatic rings. The molecule has 2 unspecified atom stereocenters. The summed E-state index contributed by atoms with van der Waals surface area (Å²) in [4.78, 5) is 20.0. The fraction of sp³-hybridized carbons (Fsp3) is 0.481. The topological polar surface area (TPSA) is 96.5 Å². The second-order valence-electron chi connectivity index (χ2n) is 8.86. The van der Waals surface area contributed by atoms with Crippen LogP contribution in [0.5, 0.6) is 5.75 Å². The standard InChI is InChI=1S/C27H36ClN5O4/c1-4-29-25(34)17-23-27-32-31-18(3)33(27)24-11-10-21(37-15-14-36-13-12-35-5-2)16-22(24)26(30-23)19-6-8-20(28)9-7-19/h6-11,16,18,23,27,31-32H,4-5,12-15,17H2,1-3H3,(H,29,34)/t18?,23-,27?/m0/s1. The number of rotatable bonds is 12. The van der Waals surface area contributed by atoms with Crippen LogP contribution in [0.1, 0.15) is 38.3 Å². The minimum atomic E-state index is -0.329. The van der Waals surface area contributed by atoms with E-state index in [0.29, 0.717) is 44.6 Å². The van der Waals surface area contributed by atoms with Crippen molar-refractivity contribution >= 4 is 28.9 Å². The Balaban J connectivity index is 1.66. The number of hydrogen-bond acceptors (Lipinski definition) is 8. The molecule has 1 amide bonds. The number of hydrogen-bond donors (Lipinski definition) is 3. The molecule has 2 aromatic carbocycles. The van der Waals surface area contributed by atoms with Gasteiger partial charge in [0.1, 0.15) is 18.5 Å². The summed E-state index contributed by atoms with van der Waals surface area (Å²) < 4.78 is 16.9. The molecule has 2 heterocycles. The molecule has 0 radical (unpaired) electrons. The zero-order valence-electron chi connectivity index (χ0n) is 21.6. The number of nitrogens with zero attached hydrogens (tertiary/aromatic N) is 2. The molecule has 0 aromatic heterocycles. The lowest BCUT2D eigenvalue weighted by molar-refractivity contribution is -0.121. The van der Waals surface area contributed by atoms with E-state index in [1.165, 1.54) is 0 Å². The monoisotopic (exact) mass is 529 g/mol. The highest BCUT2D eigenvalue weighted by atomic mass is 35.5. The van der Waals surface area contributed by atoms with Crippen molar-refractivity contribution in [3.8, 4) is 5.75 Å². The molecule has 200 valence electrons. The van der Waals surface area contributed by atoms with E-state index in [2.05, 4.69) is 34.1 Å². The Labute approximate surface area is 223 Å². The fourth-order valence-corrected chi connectivity index (χ4v) is 4.71. The maximum atomic E-state index is 12.6. The number of aliphatic imine (C=N–C) groups is 1. The summed E-state index contributed by atoms with van der Waals surface area (Å²) in [6.07, 6.45) is 0.0432. The predicted molar refractivity (Wildman–Crippen MR) is 145 cm³/mol. The van der Waals surface area contributed by atoms with E-state index in [4.69, 9.17) is 30.8 Å². The Morgan fingerprint density at radius 3 is 2.57 bits per heavy atom. The quantitative estimate of drug-likeness (QED) is 0.364. The maximum absolute atomic E-state index is 12.6. The lowest BCUT2D eigenvalue weighted by Gasteiger charge is -2.31. The molecule has 0 bridgehead atoms. The predicted octanol–water partition coefficient (Wildman–Crippen LogP) is 3.10. The zero-order chi connectivity index (χ0) is 26.2. The van der Waals surface area contributed by atoms with Crippen LogP contribution in [0.3, 0.4) is 0 Å². The van der Waals surface area contributed by atoms with Gasteiger partial charge in [0.05, 0.1) is 44.2 Å². The summed E-state index contributed by atoms with van der Waals surface area (Å²) in [7, 11) is 0. The average Bonchev–Trinajstić information content (AvgIpc) is 3.21. The van der Waals surface area contributed by atoms with Crippen molar-refractivity contribution in [2.45, 2.75) is 45.6 Å². The van der Waals surface area contributed by atoms with E-state index in [1.54, 1.807) is 0 Å². The first-order chi connectivity index (χ1) is 18.0. The van der Waals surface area contributed by atoms with Crippen molar-refractivity contribution in [2.24, 2.45) is 4.99 Å². The SMILES string of the molecule is CCNC(=O)C[C@@H]1N=C(c2ccc(Cl)cc2)c2cc(OCCOCCOCC)ccc2N2C(C)NNC12. The third kappa shape index (κ3) is 6.80. The van der Waals surface area contributed by atoms with Gasteiger partial charge in [-0.2, -0.15) is 0 Å². The lowest BCUT2D eigenvalue weighted by Crippen LogP contribution is -2.47. The fourth-order valence-electron chi connectivity index (χ4n) is 4.59. The van der Waals surface area contributed by atoms with Crippen LogP contribution in [-0.4, -0.2) is 69.6 Å². The van der Waals surface area contributed by atoms with Gasteiger partial charge in [-0.1, -0.05) is 23.7 Å². The number of halogens is 1. The van der Waals surface area contributed by atoms with E-state index in [0.717, 1.165) is 28.3 Å². The van der Waals surface area contributed by atoms with Gasteiger partial charge in [-0.25, -0.2) is 10.9 Å². The molecule has 0 spiro atoms. The van der Waals surface area contributed by atoms with Gasteiger partial charge in [-0.15, -0.1) is 0 Å².